The van der Waals surface area contributed by atoms with Crippen LogP contribution in [-0.4, -0.2) is 0 Å². The van der Waals surface area contributed by atoms with E-state index in [4.69, 9.17) is 0 Å². The molecule has 3 rings (SSSR count). The van der Waals surface area contributed by atoms with Crippen LogP contribution in [-0.2, 0) is 0 Å². The molecule has 0 bridgehead atoms. The number of hydrogen-bond acceptors (Lipinski definition) is 0. The molecule has 0 amide bonds. The zero-order valence-electron chi connectivity index (χ0n) is 16.0. The molecular formula is C26H30. The highest BCUT2D eigenvalue weighted by atomic mass is 14.3. The normalized spacial score (nSPS) is 21.3. The van der Waals surface area contributed by atoms with E-state index in [1.807, 2.05) is 6.08 Å². The van der Waals surface area contributed by atoms with E-state index in [0.29, 0.717) is 17.8 Å². The third-order valence-corrected chi connectivity index (χ3v) is 5.95. The summed E-state index contributed by atoms with van der Waals surface area (Å²) in [5.74, 6) is 1.69. The summed E-state index contributed by atoms with van der Waals surface area (Å²) in [6, 6.07) is 20.0. The summed E-state index contributed by atoms with van der Waals surface area (Å²) in [5, 5.41) is 0. The van der Waals surface area contributed by atoms with E-state index in [0.717, 1.165) is 5.57 Å². The maximum atomic E-state index is 4.03. The standard InChI is InChI=1S/C26H30/c1-4-21(5-2)26(24-10-7-6-8-11-24)25-13-9-12-22(18-19-25)23-16-14-20(3)15-17-23/h4,6-8,10-11,14-17,22,25-26H,1-2,9,12-13,18-19H2,3H3. The van der Waals surface area contributed by atoms with E-state index in [2.05, 4.69) is 80.4 Å². The summed E-state index contributed by atoms with van der Waals surface area (Å²) in [6.07, 6.45) is 8.31. The monoisotopic (exact) mass is 342 g/mol. The first-order valence-corrected chi connectivity index (χ1v) is 9.86. The van der Waals surface area contributed by atoms with Gasteiger partial charge < -0.3 is 0 Å². The van der Waals surface area contributed by atoms with E-state index in [-0.39, 0.29) is 0 Å². The van der Waals surface area contributed by atoms with Gasteiger partial charge in [0.05, 0.1) is 0 Å². The minimum atomic E-state index is 0.364. The number of benzene rings is 2. The highest BCUT2D eigenvalue weighted by Gasteiger charge is 2.28. The Balaban J connectivity index is 1.81. The zero-order chi connectivity index (χ0) is 18.4. The lowest BCUT2D eigenvalue weighted by atomic mass is 9.77. The molecule has 0 nitrogen and oxygen atoms in total. The maximum absolute atomic E-state index is 4.03. The molecule has 2 aromatic carbocycles. The van der Waals surface area contributed by atoms with Gasteiger partial charge in [-0.2, -0.15) is 0 Å². The molecule has 0 heteroatoms. The van der Waals surface area contributed by atoms with Crippen LogP contribution >= 0.6 is 0 Å². The Morgan fingerprint density at radius 3 is 2.38 bits per heavy atom. The number of hydrogen-bond donors (Lipinski definition) is 0. The number of allylic oxidation sites excluding steroid dienone is 2. The first-order valence-electron chi connectivity index (χ1n) is 9.86. The van der Waals surface area contributed by atoms with Gasteiger partial charge >= 0.3 is 0 Å². The molecule has 0 N–H and O–H groups in total. The second-order valence-electron chi connectivity index (χ2n) is 7.60. The van der Waals surface area contributed by atoms with Crippen molar-refractivity contribution in [3.63, 3.8) is 0 Å². The molecule has 134 valence electrons. The van der Waals surface area contributed by atoms with Gasteiger partial charge in [0.1, 0.15) is 0 Å². The van der Waals surface area contributed by atoms with Crippen molar-refractivity contribution in [1.29, 1.82) is 0 Å². The van der Waals surface area contributed by atoms with Gasteiger partial charge in [-0.1, -0.05) is 85.8 Å². The van der Waals surface area contributed by atoms with Gasteiger partial charge in [-0.25, -0.2) is 0 Å². The Morgan fingerprint density at radius 2 is 1.73 bits per heavy atom. The van der Waals surface area contributed by atoms with Crippen molar-refractivity contribution in [3.05, 3.63) is 102 Å². The van der Waals surface area contributed by atoms with Crippen LogP contribution in [0.25, 0.3) is 0 Å². The van der Waals surface area contributed by atoms with Crippen LogP contribution in [0.3, 0.4) is 0 Å². The van der Waals surface area contributed by atoms with E-state index < -0.39 is 0 Å². The second kappa shape index (κ2) is 8.88. The van der Waals surface area contributed by atoms with Crippen LogP contribution in [0.15, 0.2) is 85.1 Å². The van der Waals surface area contributed by atoms with Crippen molar-refractivity contribution < 1.29 is 0 Å². The molecule has 1 fully saturated rings. The largest absolute Gasteiger partial charge is 0.125 e. The topological polar surface area (TPSA) is 0 Å². The SMILES string of the molecule is C=C=C(C=C)C(c1ccccc1)C1CCCC(c2ccc(C)cc2)CC1. The van der Waals surface area contributed by atoms with Crippen molar-refractivity contribution in [3.8, 4) is 0 Å². The lowest BCUT2D eigenvalue weighted by Crippen LogP contribution is -2.14. The molecule has 3 unspecified atom stereocenters. The average Bonchev–Trinajstić information content (AvgIpc) is 2.93. The van der Waals surface area contributed by atoms with E-state index in [9.17, 15) is 0 Å². The highest BCUT2D eigenvalue weighted by molar-refractivity contribution is 5.35. The van der Waals surface area contributed by atoms with E-state index >= 15 is 0 Å². The number of rotatable bonds is 5. The Morgan fingerprint density at radius 1 is 1.00 bits per heavy atom. The molecule has 0 radical (unpaired) electrons. The first-order chi connectivity index (χ1) is 12.7. The minimum absolute atomic E-state index is 0.364. The Labute approximate surface area is 159 Å². The van der Waals surface area contributed by atoms with E-state index in [1.165, 1.54) is 48.8 Å². The molecule has 1 aliphatic rings. The van der Waals surface area contributed by atoms with Crippen LogP contribution in [0, 0.1) is 12.8 Å². The average molecular weight is 343 g/mol. The summed E-state index contributed by atoms with van der Waals surface area (Å²) < 4.78 is 0. The molecule has 0 spiro atoms. The quantitative estimate of drug-likeness (QED) is 0.303. The molecular weight excluding hydrogens is 312 g/mol. The van der Waals surface area contributed by atoms with Gasteiger partial charge in [-0.3, -0.25) is 0 Å². The molecule has 0 heterocycles. The van der Waals surface area contributed by atoms with Crippen LogP contribution in [0.4, 0.5) is 0 Å². The maximum Gasteiger partial charge on any atom is 0.0190 e. The summed E-state index contributed by atoms with van der Waals surface area (Å²) in [7, 11) is 0. The van der Waals surface area contributed by atoms with Gasteiger partial charge in [0.2, 0.25) is 0 Å². The molecule has 2 aromatic rings. The van der Waals surface area contributed by atoms with Gasteiger partial charge in [0.15, 0.2) is 0 Å². The second-order valence-corrected chi connectivity index (χ2v) is 7.60. The third kappa shape index (κ3) is 4.26. The molecule has 0 aromatic heterocycles. The fourth-order valence-corrected chi connectivity index (χ4v) is 4.51. The minimum Gasteiger partial charge on any atom is -0.125 e. The van der Waals surface area contributed by atoms with Crippen molar-refractivity contribution in [2.45, 2.75) is 50.9 Å². The highest BCUT2D eigenvalue weighted by Crippen LogP contribution is 2.43. The lowest BCUT2D eigenvalue weighted by molar-refractivity contribution is 0.409. The van der Waals surface area contributed by atoms with Crippen LogP contribution in [0.5, 0.6) is 0 Å². The van der Waals surface area contributed by atoms with Gasteiger partial charge in [-0.15, -0.1) is 5.73 Å². The van der Waals surface area contributed by atoms with Crippen molar-refractivity contribution in [2.24, 2.45) is 5.92 Å². The lowest BCUT2D eigenvalue weighted by Gasteiger charge is -2.27. The third-order valence-electron chi connectivity index (χ3n) is 5.95. The Bertz CT molecular complexity index is 759. The summed E-state index contributed by atoms with van der Waals surface area (Å²) in [6.45, 7) is 10.1. The smallest absolute Gasteiger partial charge is 0.0190 e. The van der Waals surface area contributed by atoms with Crippen LogP contribution < -0.4 is 0 Å². The molecule has 1 saturated carbocycles. The molecule has 3 atom stereocenters. The zero-order valence-corrected chi connectivity index (χ0v) is 16.0. The van der Waals surface area contributed by atoms with Crippen molar-refractivity contribution in [1.82, 2.24) is 0 Å². The molecule has 0 saturated heterocycles. The van der Waals surface area contributed by atoms with E-state index in [1.54, 1.807) is 0 Å². The predicted molar refractivity (Wildman–Crippen MR) is 113 cm³/mol. The number of aryl methyl sites for hydroxylation is 1. The van der Waals surface area contributed by atoms with Crippen LogP contribution in [0.1, 0.15) is 60.6 Å². The molecule has 1 aliphatic carbocycles. The first kappa shape index (κ1) is 18.5. The van der Waals surface area contributed by atoms with Gasteiger partial charge in [-0.05, 0) is 55.6 Å². The summed E-state index contributed by atoms with van der Waals surface area (Å²) in [4.78, 5) is 0. The Kier molecular flexibility index (Phi) is 6.31. The predicted octanol–water partition coefficient (Wildman–Crippen LogP) is 7.34. The van der Waals surface area contributed by atoms with Gasteiger partial charge in [0.25, 0.3) is 0 Å². The summed E-state index contributed by atoms with van der Waals surface area (Å²) >= 11 is 0. The fraction of sp³-hybridized carbons (Fsp3) is 0.346. The Hall–Kier alpha value is -2.30. The van der Waals surface area contributed by atoms with Crippen LogP contribution in [0.2, 0.25) is 0 Å². The van der Waals surface area contributed by atoms with Gasteiger partial charge in [0, 0.05) is 11.5 Å². The fourth-order valence-electron chi connectivity index (χ4n) is 4.51. The van der Waals surface area contributed by atoms with Crippen molar-refractivity contribution in [2.75, 3.05) is 0 Å². The molecule has 0 aliphatic heterocycles. The molecule has 26 heavy (non-hydrogen) atoms. The summed E-state index contributed by atoms with van der Waals surface area (Å²) in [5.41, 5.74) is 8.54. The van der Waals surface area contributed by atoms with Crippen molar-refractivity contribution >= 4 is 0 Å².